The third-order valence-corrected chi connectivity index (χ3v) is 7.54. The van der Waals surface area contributed by atoms with Gasteiger partial charge in [0.25, 0.3) is 0 Å². The molecule has 0 aliphatic carbocycles. The standard InChI is InChI=1S/C31H40N6O2/c1-6-21-14-23(8-7-13-39-5)28(17-22(21)10-12-37(3)4)36-30-33-11-9-27(35-30)24-15-25(18-32)29-26(16-24)31(2,20-38)19-34-29/h9,11,14-17,34,38H,6-8,10,12-13,19-20H2,1-5H3,(H,33,35,36). The van der Waals surface area contributed by atoms with Crippen molar-refractivity contribution in [2.45, 2.75) is 44.9 Å². The van der Waals surface area contributed by atoms with Crippen LogP contribution in [0.1, 0.15) is 48.1 Å². The molecular weight excluding hydrogens is 488 g/mol. The Kier molecular flexibility index (Phi) is 9.18. The van der Waals surface area contributed by atoms with Crippen molar-refractivity contribution in [3.8, 4) is 17.3 Å². The number of nitrogens with one attached hydrogen (secondary N) is 2. The van der Waals surface area contributed by atoms with Crippen molar-refractivity contribution in [2.24, 2.45) is 0 Å². The molecule has 3 aromatic rings. The molecule has 1 unspecified atom stereocenters. The highest BCUT2D eigenvalue weighted by atomic mass is 16.5. The van der Waals surface area contributed by atoms with E-state index in [0.29, 0.717) is 24.7 Å². The van der Waals surface area contributed by atoms with Gasteiger partial charge in [-0.2, -0.15) is 5.26 Å². The smallest absolute Gasteiger partial charge is 0.227 e. The predicted octanol–water partition coefficient (Wildman–Crippen LogP) is 4.68. The molecule has 0 saturated heterocycles. The normalized spacial score (nSPS) is 16.2. The van der Waals surface area contributed by atoms with Crippen LogP contribution < -0.4 is 10.6 Å². The molecule has 4 rings (SSSR count). The monoisotopic (exact) mass is 528 g/mol. The highest BCUT2D eigenvalue weighted by Crippen LogP contribution is 2.41. The van der Waals surface area contributed by atoms with E-state index >= 15 is 0 Å². The molecule has 39 heavy (non-hydrogen) atoms. The van der Waals surface area contributed by atoms with Crippen LogP contribution in [0, 0.1) is 11.3 Å². The summed E-state index contributed by atoms with van der Waals surface area (Å²) in [5, 5.41) is 26.7. The number of aromatic nitrogens is 2. The van der Waals surface area contributed by atoms with Crippen molar-refractivity contribution in [3.63, 3.8) is 0 Å². The summed E-state index contributed by atoms with van der Waals surface area (Å²) in [5.74, 6) is 0.505. The number of nitrogens with zero attached hydrogens (tertiary/aromatic N) is 4. The second kappa shape index (κ2) is 12.6. The molecular formula is C31H40N6O2. The first kappa shape index (κ1) is 28.5. The number of nitriles is 1. The van der Waals surface area contributed by atoms with Gasteiger partial charge >= 0.3 is 0 Å². The fourth-order valence-electron chi connectivity index (χ4n) is 5.14. The van der Waals surface area contributed by atoms with Crippen LogP contribution in [0.25, 0.3) is 11.3 Å². The van der Waals surface area contributed by atoms with Crippen LogP contribution in [0.5, 0.6) is 0 Å². The average molecular weight is 529 g/mol. The number of anilines is 3. The maximum absolute atomic E-state index is 10.1. The quantitative estimate of drug-likeness (QED) is 0.291. The summed E-state index contributed by atoms with van der Waals surface area (Å²) in [6.45, 7) is 6.47. The van der Waals surface area contributed by atoms with E-state index in [4.69, 9.17) is 9.72 Å². The SMILES string of the molecule is CCc1cc(CCCOC)c(Nc2nccc(-c3cc(C#N)c4c(c3)C(C)(CO)CN4)n2)cc1CCN(C)C. The van der Waals surface area contributed by atoms with Crippen molar-refractivity contribution >= 4 is 17.3 Å². The van der Waals surface area contributed by atoms with Crippen LogP contribution >= 0.6 is 0 Å². The van der Waals surface area contributed by atoms with E-state index < -0.39 is 5.41 Å². The van der Waals surface area contributed by atoms with Gasteiger partial charge in [-0.1, -0.05) is 19.9 Å². The van der Waals surface area contributed by atoms with Gasteiger partial charge in [0.05, 0.1) is 23.6 Å². The third-order valence-electron chi connectivity index (χ3n) is 7.54. The van der Waals surface area contributed by atoms with Gasteiger partial charge in [-0.15, -0.1) is 0 Å². The van der Waals surface area contributed by atoms with E-state index in [1.54, 1.807) is 13.3 Å². The molecule has 2 aromatic carbocycles. The number of rotatable bonds is 12. The summed E-state index contributed by atoms with van der Waals surface area (Å²) in [7, 11) is 5.93. The van der Waals surface area contributed by atoms with E-state index in [2.05, 4.69) is 59.7 Å². The molecule has 0 bridgehead atoms. The average Bonchev–Trinajstić information content (AvgIpc) is 3.29. The number of methoxy groups -OCH3 is 1. The molecule has 2 heterocycles. The third kappa shape index (κ3) is 6.39. The largest absolute Gasteiger partial charge is 0.395 e. The Labute approximate surface area is 232 Å². The van der Waals surface area contributed by atoms with Gasteiger partial charge < -0.3 is 25.4 Å². The first-order chi connectivity index (χ1) is 18.8. The number of aliphatic hydroxyl groups excluding tert-OH is 1. The van der Waals surface area contributed by atoms with Crippen LogP contribution in [0.4, 0.5) is 17.3 Å². The maximum Gasteiger partial charge on any atom is 0.227 e. The highest BCUT2D eigenvalue weighted by Gasteiger charge is 2.36. The van der Waals surface area contributed by atoms with Crippen molar-refractivity contribution < 1.29 is 9.84 Å². The Hall–Kier alpha value is -3.51. The molecule has 1 aliphatic rings. The number of ether oxygens (including phenoxy) is 1. The summed E-state index contributed by atoms with van der Waals surface area (Å²) in [5.41, 5.74) is 8.31. The van der Waals surface area contributed by atoms with Crippen LogP contribution in [-0.4, -0.2) is 67.5 Å². The van der Waals surface area contributed by atoms with Crippen LogP contribution in [0.3, 0.4) is 0 Å². The summed E-state index contributed by atoms with van der Waals surface area (Å²) in [6.07, 6.45) is 5.50. The van der Waals surface area contributed by atoms with Gasteiger partial charge in [0.1, 0.15) is 6.07 Å². The Morgan fingerprint density at radius 1 is 1.18 bits per heavy atom. The van der Waals surface area contributed by atoms with Crippen LogP contribution in [0.2, 0.25) is 0 Å². The van der Waals surface area contributed by atoms with E-state index in [0.717, 1.165) is 60.4 Å². The topological polar surface area (TPSA) is 106 Å². The van der Waals surface area contributed by atoms with Crippen molar-refractivity contribution in [1.82, 2.24) is 14.9 Å². The number of benzene rings is 2. The first-order valence-electron chi connectivity index (χ1n) is 13.6. The molecule has 0 saturated carbocycles. The number of aliphatic hydroxyl groups is 1. The molecule has 0 radical (unpaired) electrons. The summed E-state index contributed by atoms with van der Waals surface area (Å²) < 4.78 is 5.31. The summed E-state index contributed by atoms with van der Waals surface area (Å²) >= 11 is 0. The number of hydrogen-bond acceptors (Lipinski definition) is 8. The zero-order valence-electron chi connectivity index (χ0n) is 23.8. The molecule has 1 aliphatic heterocycles. The van der Waals surface area contributed by atoms with Gasteiger partial charge in [-0.3, -0.25) is 0 Å². The lowest BCUT2D eigenvalue weighted by Gasteiger charge is -2.21. The number of aryl methyl sites for hydroxylation is 2. The minimum absolute atomic E-state index is 0.00629. The van der Waals surface area contributed by atoms with E-state index in [1.165, 1.54) is 16.7 Å². The fourth-order valence-corrected chi connectivity index (χ4v) is 5.14. The maximum atomic E-state index is 10.1. The van der Waals surface area contributed by atoms with Gasteiger partial charge in [-0.05, 0) is 86.3 Å². The van der Waals surface area contributed by atoms with Crippen LogP contribution in [-0.2, 0) is 29.4 Å². The fraction of sp³-hybridized carbons (Fsp3) is 0.452. The Morgan fingerprint density at radius 3 is 2.69 bits per heavy atom. The predicted molar refractivity (Wildman–Crippen MR) is 157 cm³/mol. The van der Waals surface area contributed by atoms with Crippen LogP contribution in [0.15, 0.2) is 36.5 Å². The molecule has 0 amide bonds. The van der Waals surface area contributed by atoms with E-state index in [1.807, 2.05) is 25.1 Å². The number of hydrogen-bond donors (Lipinski definition) is 3. The minimum atomic E-state index is -0.452. The molecule has 1 atom stereocenters. The molecule has 8 nitrogen and oxygen atoms in total. The zero-order valence-corrected chi connectivity index (χ0v) is 23.8. The molecule has 0 fully saturated rings. The van der Waals surface area contributed by atoms with Gasteiger partial charge in [-0.25, -0.2) is 9.97 Å². The van der Waals surface area contributed by atoms with Gasteiger partial charge in [0.2, 0.25) is 5.95 Å². The lowest BCUT2D eigenvalue weighted by atomic mass is 9.83. The summed E-state index contributed by atoms with van der Waals surface area (Å²) in [4.78, 5) is 11.6. The minimum Gasteiger partial charge on any atom is -0.395 e. The second-order valence-electron chi connectivity index (χ2n) is 10.8. The van der Waals surface area contributed by atoms with E-state index in [-0.39, 0.29) is 6.61 Å². The molecule has 206 valence electrons. The molecule has 1 aromatic heterocycles. The lowest BCUT2D eigenvalue weighted by molar-refractivity contribution is 0.195. The Balaban J connectivity index is 1.70. The summed E-state index contributed by atoms with van der Waals surface area (Å²) in [6, 6.07) is 12.6. The highest BCUT2D eigenvalue weighted by molar-refractivity contribution is 5.76. The zero-order chi connectivity index (χ0) is 28.0. The number of fused-ring (bicyclic) bond motifs is 1. The molecule has 3 N–H and O–H groups in total. The Morgan fingerprint density at radius 2 is 2.00 bits per heavy atom. The second-order valence-corrected chi connectivity index (χ2v) is 10.8. The molecule has 8 heteroatoms. The number of likely N-dealkylation sites (N-methyl/N-ethyl adjacent to an activating group) is 1. The van der Waals surface area contributed by atoms with Gasteiger partial charge in [0, 0.05) is 49.7 Å². The van der Waals surface area contributed by atoms with Gasteiger partial charge in [0.15, 0.2) is 0 Å². The van der Waals surface area contributed by atoms with E-state index in [9.17, 15) is 10.4 Å². The lowest BCUT2D eigenvalue weighted by Crippen LogP contribution is -2.28. The molecule has 0 spiro atoms. The first-order valence-corrected chi connectivity index (χ1v) is 13.6. The van der Waals surface area contributed by atoms with Crippen molar-refractivity contribution in [3.05, 3.63) is 64.3 Å². The Bertz CT molecular complexity index is 1350. The van der Waals surface area contributed by atoms with Crippen molar-refractivity contribution in [1.29, 1.82) is 5.26 Å². The van der Waals surface area contributed by atoms with Crippen molar-refractivity contribution in [2.75, 3.05) is 58.1 Å².